The Balaban J connectivity index is 1.89. The summed E-state index contributed by atoms with van der Waals surface area (Å²) in [4.78, 5) is 27.8. The largest absolute Gasteiger partial charge is 0.334 e. The van der Waals surface area contributed by atoms with Crippen molar-refractivity contribution in [2.75, 3.05) is 10.6 Å². The Morgan fingerprint density at radius 2 is 1.75 bits per heavy atom. The van der Waals surface area contributed by atoms with Crippen molar-refractivity contribution in [2.45, 2.75) is 26.8 Å². The van der Waals surface area contributed by atoms with Crippen molar-refractivity contribution in [3.05, 3.63) is 54.4 Å². The van der Waals surface area contributed by atoms with E-state index in [1.165, 1.54) is 0 Å². The molecule has 1 aromatic heterocycles. The predicted octanol–water partition coefficient (Wildman–Crippen LogP) is 3.39. The first kappa shape index (κ1) is 17.5. The Morgan fingerprint density at radius 3 is 2.42 bits per heavy atom. The molecule has 6 heteroatoms. The first-order valence-electron chi connectivity index (χ1n) is 7.93. The van der Waals surface area contributed by atoms with Gasteiger partial charge in [-0.2, -0.15) is 0 Å². The summed E-state index contributed by atoms with van der Waals surface area (Å²) in [5.41, 5.74) is 2.24. The molecule has 2 rings (SSSR count). The van der Waals surface area contributed by atoms with Crippen molar-refractivity contribution >= 4 is 23.3 Å². The second kappa shape index (κ2) is 8.67. The van der Waals surface area contributed by atoms with Gasteiger partial charge in [0, 0.05) is 36.2 Å². The second-order valence-electron chi connectivity index (χ2n) is 5.54. The van der Waals surface area contributed by atoms with Crippen molar-refractivity contribution in [3.63, 3.8) is 0 Å². The number of amides is 3. The van der Waals surface area contributed by atoms with Gasteiger partial charge in [-0.25, -0.2) is 4.79 Å². The Labute approximate surface area is 141 Å². The van der Waals surface area contributed by atoms with Crippen molar-refractivity contribution in [1.29, 1.82) is 0 Å². The van der Waals surface area contributed by atoms with E-state index >= 15 is 0 Å². The van der Waals surface area contributed by atoms with Crippen molar-refractivity contribution in [3.8, 4) is 0 Å². The first-order chi connectivity index (χ1) is 11.6. The molecule has 2 aromatic rings. The number of hydrogen-bond acceptors (Lipinski definition) is 3. The average Bonchev–Trinajstić information content (AvgIpc) is 2.60. The van der Waals surface area contributed by atoms with Crippen molar-refractivity contribution in [2.24, 2.45) is 5.92 Å². The SMILES string of the molecule is CCC(C)C(=O)Nc1cccc(NC(=O)NCc2ccncc2)c1. The molecule has 1 aromatic carbocycles. The molecule has 3 amide bonds. The van der Waals surface area contributed by atoms with E-state index < -0.39 is 0 Å². The van der Waals surface area contributed by atoms with Gasteiger partial charge in [-0.15, -0.1) is 0 Å². The van der Waals surface area contributed by atoms with Crippen LogP contribution in [0.15, 0.2) is 48.8 Å². The van der Waals surface area contributed by atoms with Gasteiger partial charge in [0.2, 0.25) is 5.91 Å². The molecule has 0 saturated heterocycles. The summed E-state index contributed by atoms with van der Waals surface area (Å²) < 4.78 is 0. The van der Waals surface area contributed by atoms with Crippen molar-refractivity contribution in [1.82, 2.24) is 10.3 Å². The smallest absolute Gasteiger partial charge is 0.319 e. The first-order valence-corrected chi connectivity index (χ1v) is 7.93. The van der Waals surface area contributed by atoms with E-state index in [0.29, 0.717) is 17.9 Å². The minimum atomic E-state index is -0.308. The Bertz CT molecular complexity index is 688. The van der Waals surface area contributed by atoms with Gasteiger partial charge in [0.05, 0.1) is 0 Å². The molecule has 0 spiro atoms. The fourth-order valence-corrected chi connectivity index (χ4v) is 1.98. The lowest BCUT2D eigenvalue weighted by Crippen LogP contribution is -2.28. The molecule has 0 radical (unpaired) electrons. The highest BCUT2D eigenvalue weighted by Crippen LogP contribution is 2.16. The molecule has 0 aliphatic carbocycles. The molecule has 1 heterocycles. The molecule has 1 unspecified atom stereocenters. The highest BCUT2D eigenvalue weighted by atomic mass is 16.2. The van der Waals surface area contributed by atoms with Gasteiger partial charge in [0.1, 0.15) is 0 Å². The molecule has 0 aliphatic heterocycles. The maximum absolute atomic E-state index is 11.9. The maximum Gasteiger partial charge on any atom is 0.319 e. The molecule has 1 atom stereocenters. The number of hydrogen-bond donors (Lipinski definition) is 3. The summed E-state index contributed by atoms with van der Waals surface area (Å²) >= 11 is 0. The summed E-state index contributed by atoms with van der Waals surface area (Å²) in [5.74, 6) is -0.0814. The number of nitrogens with one attached hydrogen (secondary N) is 3. The van der Waals surface area contributed by atoms with E-state index in [0.717, 1.165) is 12.0 Å². The van der Waals surface area contributed by atoms with Gasteiger partial charge < -0.3 is 16.0 Å². The third kappa shape index (κ3) is 5.39. The predicted molar refractivity (Wildman–Crippen MR) is 94.6 cm³/mol. The van der Waals surface area contributed by atoms with Gasteiger partial charge in [-0.05, 0) is 42.3 Å². The van der Waals surface area contributed by atoms with Crippen LogP contribution in [0.1, 0.15) is 25.8 Å². The zero-order valence-electron chi connectivity index (χ0n) is 13.9. The summed E-state index contributed by atoms with van der Waals surface area (Å²) in [6.45, 7) is 4.26. The summed E-state index contributed by atoms with van der Waals surface area (Å²) in [6.07, 6.45) is 4.14. The zero-order chi connectivity index (χ0) is 17.4. The van der Waals surface area contributed by atoms with Crippen LogP contribution in [-0.4, -0.2) is 16.9 Å². The van der Waals surface area contributed by atoms with E-state index in [-0.39, 0.29) is 17.9 Å². The third-order valence-corrected chi connectivity index (χ3v) is 3.65. The summed E-state index contributed by atoms with van der Waals surface area (Å²) in [6, 6.07) is 10.4. The number of pyridine rings is 1. The standard InChI is InChI=1S/C18H22N4O2/c1-3-13(2)17(23)21-15-5-4-6-16(11-15)22-18(24)20-12-14-7-9-19-10-8-14/h4-11,13H,3,12H2,1-2H3,(H,21,23)(H2,20,22,24). The molecule has 6 nitrogen and oxygen atoms in total. The Morgan fingerprint density at radius 1 is 1.08 bits per heavy atom. The number of nitrogens with zero attached hydrogens (tertiary/aromatic N) is 1. The molecule has 0 aliphatic rings. The van der Waals surface area contributed by atoms with E-state index in [9.17, 15) is 9.59 Å². The summed E-state index contributed by atoms with van der Waals surface area (Å²) in [7, 11) is 0. The maximum atomic E-state index is 11.9. The van der Waals surface area contributed by atoms with Crippen LogP contribution < -0.4 is 16.0 Å². The lowest BCUT2D eigenvalue weighted by atomic mass is 10.1. The number of anilines is 2. The van der Waals surface area contributed by atoms with Gasteiger partial charge in [-0.3, -0.25) is 9.78 Å². The number of urea groups is 1. The quantitative estimate of drug-likeness (QED) is 0.761. The van der Waals surface area contributed by atoms with E-state index in [4.69, 9.17) is 0 Å². The molecule has 0 fully saturated rings. The van der Waals surface area contributed by atoms with Gasteiger partial charge in [-0.1, -0.05) is 19.9 Å². The molecule has 0 bridgehead atoms. The van der Waals surface area contributed by atoms with Crippen LogP contribution in [0.3, 0.4) is 0 Å². The highest BCUT2D eigenvalue weighted by molar-refractivity contribution is 5.94. The molecule has 24 heavy (non-hydrogen) atoms. The number of benzene rings is 1. The van der Waals surface area contributed by atoms with Crippen LogP contribution in [0.25, 0.3) is 0 Å². The van der Waals surface area contributed by atoms with Crippen LogP contribution in [0.2, 0.25) is 0 Å². The van der Waals surface area contributed by atoms with Gasteiger partial charge in [0.25, 0.3) is 0 Å². The number of carbonyl (C=O) groups is 2. The minimum Gasteiger partial charge on any atom is -0.334 e. The fraction of sp³-hybridized carbons (Fsp3) is 0.278. The topological polar surface area (TPSA) is 83.1 Å². The molecule has 126 valence electrons. The highest BCUT2D eigenvalue weighted by Gasteiger charge is 2.11. The molecular formula is C18H22N4O2. The second-order valence-corrected chi connectivity index (χ2v) is 5.54. The number of carbonyl (C=O) groups excluding carboxylic acids is 2. The van der Waals surface area contributed by atoms with Crippen LogP contribution >= 0.6 is 0 Å². The normalized spacial score (nSPS) is 11.4. The lowest BCUT2D eigenvalue weighted by molar-refractivity contribution is -0.119. The average molecular weight is 326 g/mol. The monoisotopic (exact) mass is 326 g/mol. The van der Waals surface area contributed by atoms with Crippen LogP contribution in [0.5, 0.6) is 0 Å². The van der Waals surface area contributed by atoms with Crippen LogP contribution in [0, 0.1) is 5.92 Å². The van der Waals surface area contributed by atoms with Gasteiger partial charge in [0.15, 0.2) is 0 Å². The van der Waals surface area contributed by atoms with Crippen LogP contribution in [-0.2, 0) is 11.3 Å². The molecule has 3 N–H and O–H groups in total. The van der Waals surface area contributed by atoms with E-state index in [1.807, 2.05) is 26.0 Å². The Kier molecular flexibility index (Phi) is 6.31. The molecule has 0 saturated carbocycles. The number of aromatic nitrogens is 1. The van der Waals surface area contributed by atoms with E-state index in [2.05, 4.69) is 20.9 Å². The summed E-state index contributed by atoms with van der Waals surface area (Å²) in [5, 5.41) is 8.37. The third-order valence-electron chi connectivity index (χ3n) is 3.65. The zero-order valence-corrected chi connectivity index (χ0v) is 13.9. The molecular weight excluding hydrogens is 304 g/mol. The fourth-order valence-electron chi connectivity index (χ4n) is 1.98. The Hall–Kier alpha value is -2.89. The lowest BCUT2D eigenvalue weighted by Gasteiger charge is -2.12. The van der Waals surface area contributed by atoms with Gasteiger partial charge >= 0.3 is 6.03 Å². The number of rotatable bonds is 6. The van der Waals surface area contributed by atoms with Crippen LogP contribution in [0.4, 0.5) is 16.2 Å². The minimum absolute atomic E-state index is 0.0308. The van der Waals surface area contributed by atoms with Crippen molar-refractivity contribution < 1.29 is 9.59 Å². The van der Waals surface area contributed by atoms with E-state index in [1.54, 1.807) is 36.7 Å².